The fourth-order valence-corrected chi connectivity index (χ4v) is 9.85. The Labute approximate surface area is 265 Å². The zero-order valence-corrected chi connectivity index (χ0v) is 25.3. The van der Waals surface area contributed by atoms with E-state index in [0.29, 0.717) is 0 Å². The molecular formula is C42H23N3S. The maximum atomic E-state index is 2.61. The molecule has 0 unspecified atom stereocenters. The molecule has 0 aliphatic carbocycles. The van der Waals surface area contributed by atoms with Gasteiger partial charge in [-0.25, -0.2) is 0 Å². The molecule has 212 valence electrons. The van der Waals surface area contributed by atoms with Gasteiger partial charge in [0.1, 0.15) is 0 Å². The summed E-state index contributed by atoms with van der Waals surface area (Å²) < 4.78 is 10.3. The molecule has 0 aliphatic heterocycles. The zero-order chi connectivity index (χ0) is 29.7. The van der Waals surface area contributed by atoms with Gasteiger partial charge in [-0.15, -0.1) is 11.3 Å². The third-order valence-electron chi connectivity index (χ3n) is 10.3. The first-order chi connectivity index (χ1) is 22.9. The van der Waals surface area contributed by atoms with Gasteiger partial charge in [-0.05, 0) is 48.5 Å². The molecule has 0 bridgehead atoms. The molecule has 0 spiro atoms. The van der Waals surface area contributed by atoms with Gasteiger partial charge < -0.3 is 13.4 Å². The summed E-state index contributed by atoms with van der Waals surface area (Å²) >= 11 is 1.92. The van der Waals surface area contributed by atoms with Crippen LogP contribution in [0.15, 0.2) is 140 Å². The molecule has 5 aromatic heterocycles. The van der Waals surface area contributed by atoms with E-state index in [-0.39, 0.29) is 0 Å². The normalized spacial score (nSPS) is 12.8. The Morgan fingerprint density at radius 1 is 0.370 bits per heavy atom. The lowest BCUT2D eigenvalue weighted by molar-refractivity contribution is 1.18. The summed E-state index contributed by atoms with van der Waals surface area (Å²) in [6.07, 6.45) is 0. The van der Waals surface area contributed by atoms with Crippen LogP contribution in [0, 0.1) is 0 Å². The van der Waals surface area contributed by atoms with Gasteiger partial charge >= 0.3 is 0 Å². The molecule has 0 atom stereocenters. The highest BCUT2D eigenvalue weighted by Crippen LogP contribution is 2.48. The van der Waals surface area contributed by atoms with Gasteiger partial charge in [0, 0.05) is 58.2 Å². The van der Waals surface area contributed by atoms with Crippen LogP contribution < -0.4 is 0 Å². The summed E-state index contributed by atoms with van der Waals surface area (Å²) in [5.74, 6) is 0. The van der Waals surface area contributed by atoms with Crippen LogP contribution in [0.2, 0.25) is 0 Å². The summed E-state index contributed by atoms with van der Waals surface area (Å²) in [5.41, 5.74) is 11.2. The third-order valence-corrected chi connectivity index (χ3v) is 11.5. The maximum Gasteiger partial charge on any atom is 0.0811 e. The molecule has 12 rings (SSSR count). The molecule has 7 aromatic carbocycles. The minimum atomic E-state index is 1.18. The lowest BCUT2D eigenvalue weighted by Crippen LogP contribution is -1.98. The molecule has 5 heterocycles. The number of nitrogens with zero attached hydrogens (tertiary/aromatic N) is 3. The van der Waals surface area contributed by atoms with Crippen molar-refractivity contribution in [1.29, 1.82) is 0 Å². The van der Waals surface area contributed by atoms with Crippen LogP contribution in [0.4, 0.5) is 0 Å². The molecule has 0 radical (unpaired) electrons. The number of hydrogen-bond acceptors (Lipinski definition) is 1. The number of para-hydroxylation sites is 4. The lowest BCUT2D eigenvalue weighted by Gasteiger charge is -2.13. The van der Waals surface area contributed by atoms with Crippen molar-refractivity contribution < 1.29 is 0 Å². The minimum absolute atomic E-state index is 1.18. The molecule has 0 saturated heterocycles. The molecule has 46 heavy (non-hydrogen) atoms. The predicted octanol–water partition coefficient (Wildman–Crippen LogP) is 11.7. The van der Waals surface area contributed by atoms with Crippen molar-refractivity contribution in [3.63, 3.8) is 0 Å². The van der Waals surface area contributed by atoms with E-state index in [0.717, 1.165) is 0 Å². The third kappa shape index (κ3) is 2.61. The van der Waals surface area contributed by atoms with Crippen molar-refractivity contribution in [3.8, 4) is 5.69 Å². The standard InChI is InChI=1S/C42H23N3S/c1-2-11-24(12-3-1)43-32-18-8-5-15-28(32)37-35(43)23-30-25-13-4-7-17-31(25)44-34-19-10-16-29-38-33(45(39(29)34)41(37)40(30)44)22-21-27-26-14-6-9-20-36(26)46-42(27)38/h1-23H. The molecule has 3 nitrogen and oxygen atoms in total. The second-order valence-corrected chi connectivity index (χ2v) is 13.6. The fourth-order valence-electron chi connectivity index (χ4n) is 8.59. The molecule has 0 aliphatic rings. The summed E-state index contributed by atoms with van der Waals surface area (Å²) in [7, 11) is 0. The molecule has 0 saturated carbocycles. The Morgan fingerprint density at radius 2 is 1.09 bits per heavy atom. The van der Waals surface area contributed by atoms with Crippen molar-refractivity contribution in [2.45, 2.75) is 0 Å². The Kier molecular flexibility index (Phi) is 4.12. The highest BCUT2D eigenvalue weighted by molar-refractivity contribution is 7.26. The van der Waals surface area contributed by atoms with Crippen LogP contribution in [0.25, 0.3) is 102 Å². The van der Waals surface area contributed by atoms with Gasteiger partial charge in [0.2, 0.25) is 0 Å². The zero-order valence-electron chi connectivity index (χ0n) is 24.5. The van der Waals surface area contributed by atoms with Gasteiger partial charge in [0.25, 0.3) is 0 Å². The van der Waals surface area contributed by atoms with E-state index >= 15 is 0 Å². The number of thiophene rings is 1. The Hall–Kier alpha value is -5.84. The molecule has 0 N–H and O–H groups in total. The highest BCUT2D eigenvalue weighted by Gasteiger charge is 2.26. The van der Waals surface area contributed by atoms with Crippen LogP contribution in [0.5, 0.6) is 0 Å². The SMILES string of the molecule is c1ccc(-n2c3ccccc3c3c2cc2c4ccccc4n4c5cccc6c7c8sc9ccccc9c8ccc7n(c65)c3c24)cc1. The van der Waals surface area contributed by atoms with E-state index < -0.39 is 0 Å². The molecular weight excluding hydrogens is 579 g/mol. The van der Waals surface area contributed by atoms with Crippen LogP contribution in [0.3, 0.4) is 0 Å². The van der Waals surface area contributed by atoms with Crippen LogP contribution in [0.1, 0.15) is 0 Å². The summed E-state index contributed by atoms with van der Waals surface area (Å²) in [6, 6.07) is 51.6. The predicted molar refractivity (Wildman–Crippen MR) is 197 cm³/mol. The topological polar surface area (TPSA) is 13.8 Å². The van der Waals surface area contributed by atoms with Gasteiger partial charge in [-0.1, -0.05) is 91.0 Å². The van der Waals surface area contributed by atoms with Gasteiger partial charge in [-0.2, -0.15) is 0 Å². The summed E-state index contributed by atoms with van der Waals surface area (Å²) in [4.78, 5) is 0. The lowest BCUT2D eigenvalue weighted by atomic mass is 10.1. The first-order valence-electron chi connectivity index (χ1n) is 15.8. The number of benzene rings is 7. The molecule has 4 heteroatoms. The van der Waals surface area contributed by atoms with Crippen molar-refractivity contribution in [1.82, 2.24) is 13.4 Å². The highest BCUT2D eigenvalue weighted by atomic mass is 32.1. The minimum Gasteiger partial charge on any atom is -0.309 e. The Bertz CT molecular complexity index is 3240. The average Bonchev–Trinajstić information content (AvgIpc) is 3.84. The quantitative estimate of drug-likeness (QED) is 0.166. The van der Waals surface area contributed by atoms with Gasteiger partial charge in [-0.3, -0.25) is 0 Å². The Balaban J connectivity index is 1.46. The monoisotopic (exact) mass is 601 g/mol. The van der Waals surface area contributed by atoms with Crippen LogP contribution in [-0.2, 0) is 0 Å². The first kappa shape index (κ1) is 23.5. The Morgan fingerprint density at radius 3 is 1.98 bits per heavy atom. The summed E-state index contributed by atoms with van der Waals surface area (Å²) in [6.45, 7) is 0. The van der Waals surface area contributed by atoms with E-state index in [4.69, 9.17) is 0 Å². The van der Waals surface area contributed by atoms with E-state index in [1.165, 1.54) is 102 Å². The van der Waals surface area contributed by atoms with Crippen molar-refractivity contribution >= 4 is 108 Å². The average molecular weight is 602 g/mol. The number of rotatable bonds is 1. The van der Waals surface area contributed by atoms with Gasteiger partial charge in [0.15, 0.2) is 0 Å². The van der Waals surface area contributed by atoms with E-state index in [1.54, 1.807) is 0 Å². The molecule has 0 fully saturated rings. The van der Waals surface area contributed by atoms with Crippen molar-refractivity contribution in [3.05, 3.63) is 140 Å². The first-order valence-corrected chi connectivity index (χ1v) is 16.6. The van der Waals surface area contributed by atoms with Crippen molar-refractivity contribution in [2.75, 3.05) is 0 Å². The van der Waals surface area contributed by atoms with Crippen LogP contribution in [-0.4, -0.2) is 13.4 Å². The second kappa shape index (κ2) is 8.05. The second-order valence-electron chi connectivity index (χ2n) is 12.5. The van der Waals surface area contributed by atoms with Gasteiger partial charge in [0.05, 0.1) is 44.1 Å². The largest absolute Gasteiger partial charge is 0.309 e. The van der Waals surface area contributed by atoms with E-state index in [2.05, 4.69) is 153 Å². The summed E-state index contributed by atoms with van der Waals surface area (Å²) in [5, 5.41) is 10.5. The number of hydrogen-bond donors (Lipinski definition) is 0. The fraction of sp³-hybridized carbons (Fsp3) is 0. The molecule has 0 amide bonds. The number of fused-ring (bicyclic) bond motifs is 16. The smallest absolute Gasteiger partial charge is 0.0811 e. The van der Waals surface area contributed by atoms with E-state index in [1.807, 2.05) is 11.3 Å². The van der Waals surface area contributed by atoms with Crippen molar-refractivity contribution in [2.24, 2.45) is 0 Å². The van der Waals surface area contributed by atoms with Crippen LogP contribution >= 0.6 is 11.3 Å². The molecule has 12 aromatic rings. The number of aromatic nitrogens is 3. The van der Waals surface area contributed by atoms with E-state index in [9.17, 15) is 0 Å². The maximum absolute atomic E-state index is 2.61.